The van der Waals surface area contributed by atoms with Crippen molar-refractivity contribution in [1.29, 1.82) is 5.26 Å². The molecule has 0 fully saturated rings. The summed E-state index contributed by atoms with van der Waals surface area (Å²) < 4.78 is 14.3. The summed E-state index contributed by atoms with van der Waals surface area (Å²) in [6, 6.07) is 12.4. The van der Waals surface area contributed by atoms with Gasteiger partial charge in [-0.3, -0.25) is 0 Å². The van der Waals surface area contributed by atoms with E-state index in [2.05, 4.69) is 21.2 Å². The van der Waals surface area contributed by atoms with Gasteiger partial charge in [0.2, 0.25) is 0 Å². The third-order valence-corrected chi connectivity index (χ3v) is 3.79. The highest BCUT2D eigenvalue weighted by Crippen LogP contribution is 2.29. The van der Waals surface area contributed by atoms with E-state index in [1.807, 2.05) is 25.1 Å². The Morgan fingerprint density at radius 1 is 1.25 bits per heavy atom. The van der Waals surface area contributed by atoms with E-state index in [9.17, 15) is 4.39 Å². The largest absolute Gasteiger partial charge is 0.399 e. The van der Waals surface area contributed by atoms with E-state index in [0.29, 0.717) is 11.4 Å². The fourth-order valence-electron chi connectivity index (χ4n) is 1.85. The summed E-state index contributed by atoms with van der Waals surface area (Å²) in [7, 11) is 0. The summed E-state index contributed by atoms with van der Waals surface area (Å²) in [6.07, 6.45) is 0. The number of nitrogens with one attached hydrogen (secondary N) is 1. The minimum Gasteiger partial charge on any atom is -0.399 e. The lowest BCUT2D eigenvalue weighted by Gasteiger charge is -2.17. The third-order valence-electron chi connectivity index (χ3n) is 3.01. The van der Waals surface area contributed by atoms with Crippen LogP contribution in [-0.2, 0) is 0 Å². The summed E-state index contributed by atoms with van der Waals surface area (Å²) in [4.78, 5) is 0. The van der Waals surface area contributed by atoms with Crippen molar-refractivity contribution in [2.45, 2.75) is 13.0 Å². The Bertz CT molecular complexity index is 662. The van der Waals surface area contributed by atoms with E-state index in [-0.39, 0.29) is 16.1 Å². The van der Waals surface area contributed by atoms with Gasteiger partial charge in [-0.2, -0.15) is 5.26 Å². The van der Waals surface area contributed by atoms with Gasteiger partial charge in [0.1, 0.15) is 6.07 Å². The summed E-state index contributed by atoms with van der Waals surface area (Å²) in [5.41, 5.74) is 7.94. The Balaban J connectivity index is 2.24. The molecule has 20 heavy (non-hydrogen) atoms. The second kappa shape index (κ2) is 5.93. The monoisotopic (exact) mass is 333 g/mol. The van der Waals surface area contributed by atoms with Crippen LogP contribution in [0.3, 0.4) is 0 Å². The Labute approximate surface area is 125 Å². The molecule has 0 spiro atoms. The number of hydrogen-bond donors (Lipinski definition) is 2. The zero-order valence-electron chi connectivity index (χ0n) is 10.8. The molecule has 0 saturated heterocycles. The first-order valence-electron chi connectivity index (χ1n) is 6.03. The van der Waals surface area contributed by atoms with Crippen molar-refractivity contribution in [2.75, 3.05) is 11.1 Å². The molecule has 0 heterocycles. The SMILES string of the molecule is CC(Nc1ccc(C#N)c(Br)c1F)c1ccc(N)cc1. The van der Waals surface area contributed by atoms with Crippen molar-refractivity contribution in [3.05, 3.63) is 57.8 Å². The van der Waals surface area contributed by atoms with Crippen molar-refractivity contribution in [1.82, 2.24) is 0 Å². The molecule has 3 nitrogen and oxygen atoms in total. The van der Waals surface area contributed by atoms with Gasteiger partial charge in [0.05, 0.1) is 15.7 Å². The lowest BCUT2D eigenvalue weighted by molar-refractivity contribution is 0.620. The molecule has 3 N–H and O–H groups in total. The fourth-order valence-corrected chi connectivity index (χ4v) is 2.28. The first-order valence-corrected chi connectivity index (χ1v) is 6.82. The summed E-state index contributed by atoms with van der Waals surface area (Å²) in [5, 5.41) is 11.9. The molecule has 0 saturated carbocycles. The summed E-state index contributed by atoms with van der Waals surface area (Å²) in [6.45, 7) is 1.93. The van der Waals surface area contributed by atoms with Gasteiger partial charge in [-0.1, -0.05) is 12.1 Å². The van der Waals surface area contributed by atoms with Crippen molar-refractivity contribution in [2.24, 2.45) is 0 Å². The Morgan fingerprint density at radius 3 is 2.50 bits per heavy atom. The number of benzene rings is 2. The Kier molecular flexibility index (Phi) is 4.26. The molecule has 0 amide bonds. The van der Waals surface area contributed by atoms with Gasteiger partial charge >= 0.3 is 0 Å². The maximum absolute atomic E-state index is 14.1. The Hall–Kier alpha value is -2.06. The van der Waals surface area contributed by atoms with E-state index in [0.717, 1.165) is 5.56 Å². The smallest absolute Gasteiger partial charge is 0.161 e. The molecular formula is C15H13BrFN3. The molecule has 1 unspecified atom stereocenters. The van der Waals surface area contributed by atoms with Crippen molar-refractivity contribution < 1.29 is 4.39 Å². The van der Waals surface area contributed by atoms with E-state index in [1.165, 1.54) is 0 Å². The quantitative estimate of drug-likeness (QED) is 0.827. The van der Waals surface area contributed by atoms with Gasteiger partial charge in [-0.15, -0.1) is 0 Å². The van der Waals surface area contributed by atoms with Crippen LogP contribution in [0.25, 0.3) is 0 Å². The van der Waals surface area contributed by atoms with Crippen LogP contribution >= 0.6 is 15.9 Å². The van der Waals surface area contributed by atoms with Gasteiger partial charge < -0.3 is 11.1 Å². The van der Waals surface area contributed by atoms with Crippen LogP contribution in [0.2, 0.25) is 0 Å². The molecule has 2 aromatic rings. The Morgan fingerprint density at radius 2 is 1.90 bits per heavy atom. The van der Waals surface area contributed by atoms with Gasteiger partial charge in [0.15, 0.2) is 5.82 Å². The molecule has 0 radical (unpaired) electrons. The average Bonchev–Trinajstić information content (AvgIpc) is 2.45. The highest BCUT2D eigenvalue weighted by Gasteiger charge is 2.13. The highest BCUT2D eigenvalue weighted by atomic mass is 79.9. The lowest BCUT2D eigenvalue weighted by Crippen LogP contribution is -2.08. The number of anilines is 2. The van der Waals surface area contributed by atoms with Crippen LogP contribution in [-0.4, -0.2) is 0 Å². The number of rotatable bonds is 3. The first-order chi connectivity index (χ1) is 9.52. The number of nitrogen functional groups attached to an aromatic ring is 1. The normalized spacial score (nSPS) is 11.7. The van der Waals surface area contributed by atoms with Crippen molar-refractivity contribution >= 4 is 27.3 Å². The predicted molar refractivity (Wildman–Crippen MR) is 81.7 cm³/mol. The van der Waals surface area contributed by atoms with Gasteiger partial charge in [0, 0.05) is 11.7 Å². The predicted octanol–water partition coefficient (Wildman–Crippen LogP) is 4.22. The van der Waals surface area contributed by atoms with Crippen LogP contribution < -0.4 is 11.1 Å². The maximum atomic E-state index is 14.1. The minimum atomic E-state index is -0.466. The number of nitrogens with zero attached hydrogens (tertiary/aromatic N) is 1. The highest BCUT2D eigenvalue weighted by molar-refractivity contribution is 9.10. The minimum absolute atomic E-state index is 0.0788. The molecule has 0 bridgehead atoms. The molecule has 0 aliphatic carbocycles. The van der Waals surface area contributed by atoms with Gasteiger partial charge in [-0.25, -0.2) is 4.39 Å². The van der Waals surface area contributed by atoms with E-state index in [4.69, 9.17) is 11.0 Å². The van der Waals surface area contributed by atoms with Crippen LogP contribution in [0.4, 0.5) is 15.8 Å². The lowest BCUT2D eigenvalue weighted by atomic mass is 10.1. The van der Waals surface area contributed by atoms with E-state index in [1.54, 1.807) is 24.3 Å². The second-order valence-corrected chi connectivity index (χ2v) is 5.23. The molecule has 0 aliphatic heterocycles. The molecule has 1 atom stereocenters. The number of nitrogens with two attached hydrogens (primary N) is 1. The second-order valence-electron chi connectivity index (χ2n) is 4.43. The van der Waals surface area contributed by atoms with Crippen LogP contribution in [0.1, 0.15) is 24.1 Å². The molecule has 0 aromatic heterocycles. The molecule has 2 aromatic carbocycles. The molecule has 102 valence electrons. The van der Waals surface area contributed by atoms with E-state index >= 15 is 0 Å². The molecular weight excluding hydrogens is 321 g/mol. The van der Waals surface area contributed by atoms with Gasteiger partial charge in [-0.05, 0) is 52.7 Å². The van der Waals surface area contributed by atoms with Crippen LogP contribution in [0.15, 0.2) is 40.9 Å². The van der Waals surface area contributed by atoms with Crippen molar-refractivity contribution in [3.63, 3.8) is 0 Å². The zero-order valence-corrected chi connectivity index (χ0v) is 12.4. The zero-order chi connectivity index (χ0) is 14.7. The molecule has 2 rings (SSSR count). The number of hydrogen-bond acceptors (Lipinski definition) is 3. The maximum Gasteiger partial charge on any atom is 0.161 e. The summed E-state index contributed by atoms with van der Waals surface area (Å²) >= 11 is 3.09. The van der Waals surface area contributed by atoms with Crippen LogP contribution in [0.5, 0.6) is 0 Å². The summed E-state index contributed by atoms with van der Waals surface area (Å²) in [5.74, 6) is -0.466. The topological polar surface area (TPSA) is 61.8 Å². The molecule has 0 aliphatic rings. The standard InChI is InChI=1S/C15H13BrFN3/c1-9(10-2-5-12(19)6-3-10)20-13-7-4-11(8-18)14(16)15(13)17/h2-7,9,20H,19H2,1H3. The first kappa shape index (κ1) is 14.4. The fraction of sp³-hybridized carbons (Fsp3) is 0.133. The molecule has 5 heteroatoms. The number of nitriles is 1. The van der Waals surface area contributed by atoms with Crippen molar-refractivity contribution in [3.8, 4) is 6.07 Å². The third kappa shape index (κ3) is 2.91. The van der Waals surface area contributed by atoms with E-state index < -0.39 is 5.82 Å². The van der Waals surface area contributed by atoms with Crippen LogP contribution in [0, 0.1) is 17.1 Å². The number of halogens is 2. The average molecular weight is 334 g/mol. The van der Waals surface area contributed by atoms with Gasteiger partial charge in [0.25, 0.3) is 0 Å².